The maximum atomic E-state index is 15.1. The molecule has 1 aliphatic heterocycles. The summed E-state index contributed by atoms with van der Waals surface area (Å²) >= 11 is 6.18. The van der Waals surface area contributed by atoms with Crippen LogP contribution in [0.15, 0.2) is 48.7 Å². The summed E-state index contributed by atoms with van der Waals surface area (Å²) in [4.78, 5) is 32.2. The fourth-order valence-electron chi connectivity index (χ4n) is 4.12. The summed E-state index contributed by atoms with van der Waals surface area (Å²) in [6.07, 6.45) is 9.84. The lowest BCUT2D eigenvalue weighted by Gasteiger charge is -2.29. The van der Waals surface area contributed by atoms with E-state index in [1.54, 1.807) is 6.07 Å². The van der Waals surface area contributed by atoms with E-state index < -0.39 is 17.6 Å². The number of benzene rings is 2. The zero-order valence-corrected chi connectivity index (χ0v) is 21.4. The zero-order valence-electron chi connectivity index (χ0n) is 20.6. The molecule has 1 aromatic heterocycles. The first-order chi connectivity index (χ1) is 18.3. The molecule has 0 radical (unpaired) electrons. The Bertz CT molecular complexity index is 1430. The van der Waals surface area contributed by atoms with Crippen LogP contribution in [-0.4, -0.2) is 47.7 Å². The Labute approximate surface area is 224 Å². The average Bonchev–Trinajstić information content (AvgIpc) is 2.93. The third kappa shape index (κ3) is 5.93. The van der Waals surface area contributed by atoms with Crippen molar-refractivity contribution in [2.75, 3.05) is 30.8 Å². The minimum Gasteiger partial charge on any atom is -0.494 e. The van der Waals surface area contributed by atoms with Gasteiger partial charge in [0.1, 0.15) is 23.2 Å². The van der Waals surface area contributed by atoms with E-state index >= 15 is 4.39 Å². The minimum atomic E-state index is -0.801. The molecular formula is C28H25ClFN5O3. The first-order valence-electron chi connectivity index (χ1n) is 11.9. The van der Waals surface area contributed by atoms with E-state index in [0.29, 0.717) is 11.1 Å². The summed E-state index contributed by atoms with van der Waals surface area (Å²) in [6, 6.07) is 9.94. The summed E-state index contributed by atoms with van der Waals surface area (Å²) in [5.74, 6) is 0.764. The molecule has 0 saturated carbocycles. The van der Waals surface area contributed by atoms with Crippen molar-refractivity contribution in [2.24, 2.45) is 0 Å². The van der Waals surface area contributed by atoms with Crippen molar-refractivity contribution >= 4 is 40.8 Å². The van der Waals surface area contributed by atoms with Crippen molar-refractivity contribution in [3.05, 3.63) is 81.8 Å². The van der Waals surface area contributed by atoms with Crippen LogP contribution in [-0.2, 0) is 0 Å². The Balaban J connectivity index is 1.59. The van der Waals surface area contributed by atoms with Gasteiger partial charge < -0.3 is 20.3 Å². The van der Waals surface area contributed by atoms with E-state index in [-0.39, 0.29) is 39.2 Å². The van der Waals surface area contributed by atoms with Crippen LogP contribution in [0.25, 0.3) is 0 Å². The van der Waals surface area contributed by atoms with Crippen LogP contribution in [0.1, 0.15) is 51.1 Å². The highest BCUT2D eigenvalue weighted by molar-refractivity contribution is 6.31. The lowest BCUT2D eigenvalue weighted by atomic mass is 10.1. The molecule has 0 aliphatic carbocycles. The third-order valence-corrected chi connectivity index (χ3v) is 6.32. The second kappa shape index (κ2) is 11.8. The monoisotopic (exact) mass is 533 g/mol. The van der Waals surface area contributed by atoms with Crippen LogP contribution in [0.3, 0.4) is 0 Å². The summed E-state index contributed by atoms with van der Waals surface area (Å²) in [5, 5.41) is 13.8. The van der Waals surface area contributed by atoms with E-state index in [2.05, 4.69) is 21.5 Å². The molecule has 8 nitrogen and oxygen atoms in total. The number of ether oxygens (including phenoxy) is 1. The van der Waals surface area contributed by atoms with E-state index in [1.165, 1.54) is 49.7 Å². The Kier molecular flexibility index (Phi) is 8.24. The number of amides is 2. The van der Waals surface area contributed by atoms with Crippen LogP contribution >= 0.6 is 11.6 Å². The number of anilines is 2. The van der Waals surface area contributed by atoms with Gasteiger partial charge >= 0.3 is 0 Å². The van der Waals surface area contributed by atoms with Crippen molar-refractivity contribution in [3.63, 3.8) is 0 Å². The van der Waals surface area contributed by atoms with Gasteiger partial charge in [0.2, 0.25) is 0 Å². The molecule has 194 valence electrons. The molecule has 0 unspecified atom stereocenters. The largest absolute Gasteiger partial charge is 0.494 e. The number of likely N-dealkylation sites (tertiary alicyclic amines) is 1. The lowest BCUT2D eigenvalue weighted by molar-refractivity contribution is 0.102. The second-order valence-corrected chi connectivity index (χ2v) is 9.04. The van der Waals surface area contributed by atoms with Crippen molar-refractivity contribution in [2.45, 2.75) is 19.3 Å². The van der Waals surface area contributed by atoms with E-state index in [1.807, 2.05) is 4.90 Å². The second-order valence-electron chi connectivity index (χ2n) is 8.61. The van der Waals surface area contributed by atoms with Crippen LogP contribution < -0.4 is 15.4 Å². The molecular weight excluding hydrogens is 509 g/mol. The SMILES string of the molecule is C#Cc1ccc(NC(=O)c2cc(Cl)cc(OC)c2NC(=O)c2ccc(C(=N)N3CCCCC3)cc2F)nc1. The number of carbonyl (C=O) groups excluding carboxylic acids is 2. The molecule has 3 N–H and O–H groups in total. The molecule has 1 saturated heterocycles. The number of aromatic nitrogens is 1. The number of nitrogens with zero attached hydrogens (tertiary/aromatic N) is 2. The molecule has 1 aliphatic rings. The lowest BCUT2D eigenvalue weighted by Crippen LogP contribution is -2.35. The van der Waals surface area contributed by atoms with Gasteiger partial charge in [-0.1, -0.05) is 23.6 Å². The van der Waals surface area contributed by atoms with Gasteiger partial charge in [0.15, 0.2) is 0 Å². The topological polar surface area (TPSA) is 107 Å². The normalized spacial score (nSPS) is 12.8. The van der Waals surface area contributed by atoms with Crippen molar-refractivity contribution < 1.29 is 18.7 Å². The van der Waals surface area contributed by atoms with Crippen LogP contribution in [0.4, 0.5) is 15.9 Å². The molecule has 2 aromatic carbocycles. The number of nitrogens with one attached hydrogen (secondary N) is 3. The number of amidine groups is 1. The summed E-state index contributed by atoms with van der Waals surface area (Å²) in [5.41, 5.74) is 0.654. The van der Waals surface area contributed by atoms with E-state index in [9.17, 15) is 9.59 Å². The first-order valence-corrected chi connectivity index (χ1v) is 12.2. The molecule has 0 atom stereocenters. The van der Waals surface area contributed by atoms with E-state index in [4.69, 9.17) is 28.2 Å². The number of hydrogen-bond acceptors (Lipinski definition) is 5. The van der Waals surface area contributed by atoms with Crippen LogP contribution in [0, 0.1) is 23.6 Å². The maximum absolute atomic E-state index is 15.1. The smallest absolute Gasteiger partial charge is 0.259 e. The number of hydrogen-bond donors (Lipinski definition) is 3. The Hall–Kier alpha value is -4.42. The van der Waals surface area contributed by atoms with Gasteiger partial charge in [-0.3, -0.25) is 15.0 Å². The molecule has 3 aromatic rings. The van der Waals surface area contributed by atoms with Gasteiger partial charge in [0.25, 0.3) is 11.8 Å². The van der Waals surface area contributed by atoms with Gasteiger partial charge in [-0.2, -0.15) is 0 Å². The van der Waals surface area contributed by atoms with Crippen molar-refractivity contribution in [1.29, 1.82) is 5.41 Å². The van der Waals surface area contributed by atoms with E-state index in [0.717, 1.165) is 32.4 Å². The number of rotatable bonds is 6. The minimum absolute atomic E-state index is 0.00387. The highest BCUT2D eigenvalue weighted by Crippen LogP contribution is 2.33. The van der Waals surface area contributed by atoms with Gasteiger partial charge in [0.05, 0.1) is 23.9 Å². The number of pyridine rings is 1. The number of piperidine rings is 1. The highest BCUT2D eigenvalue weighted by atomic mass is 35.5. The Morgan fingerprint density at radius 3 is 2.45 bits per heavy atom. The van der Waals surface area contributed by atoms with Crippen molar-refractivity contribution in [3.8, 4) is 18.1 Å². The molecule has 10 heteroatoms. The number of methoxy groups -OCH3 is 1. The molecule has 4 rings (SSSR count). The first kappa shape index (κ1) is 26.6. The molecule has 1 fully saturated rings. The zero-order chi connectivity index (χ0) is 27.2. The van der Waals surface area contributed by atoms with Gasteiger partial charge in [-0.05, 0) is 49.6 Å². The van der Waals surface area contributed by atoms with Gasteiger partial charge in [0, 0.05) is 41.5 Å². The molecule has 0 bridgehead atoms. The standard InChI is InChI=1S/C28H25ClFN5O3/c1-3-17-7-10-24(32-16-17)33-28(37)21-14-19(29)15-23(38-2)25(21)34-27(36)20-9-8-18(13-22(20)30)26(31)35-11-5-4-6-12-35/h1,7-10,13-16,31H,4-6,11-12H2,2H3,(H,34,36)(H,32,33,37). The quantitative estimate of drug-likeness (QED) is 0.230. The average molecular weight is 534 g/mol. The maximum Gasteiger partial charge on any atom is 0.259 e. The number of halogens is 2. The number of carbonyl (C=O) groups is 2. The predicted octanol–water partition coefficient (Wildman–Crippen LogP) is 5.18. The van der Waals surface area contributed by atoms with Crippen LogP contribution in [0.5, 0.6) is 5.75 Å². The summed E-state index contributed by atoms with van der Waals surface area (Å²) < 4.78 is 20.4. The Morgan fingerprint density at radius 1 is 1.08 bits per heavy atom. The molecule has 2 heterocycles. The number of terminal acetylenes is 1. The summed E-state index contributed by atoms with van der Waals surface area (Å²) in [6.45, 7) is 1.49. The Morgan fingerprint density at radius 2 is 1.82 bits per heavy atom. The van der Waals surface area contributed by atoms with Gasteiger partial charge in [-0.15, -0.1) is 6.42 Å². The molecule has 2 amide bonds. The fraction of sp³-hybridized carbons (Fsp3) is 0.214. The summed E-state index contributed by atoms with van der Waals surface area (Å²) in [7, 11) is 1.35. The van der Waals surface area contributed by atoms with Gasteiger partial charge in [-0.25, -0.2) is 9.37 Å². The molecule has 0 spiro atoms. The fourth-order valence-corrected chi connectivity index (χ4v) is 4.32. The predicted molar refractivity (Wildman–Crippen MR) is 145 cm³/mol. The highest BCUT2D eigenvalue weighted by Gasteiger charge is 2.23. The molecule has 38 heavy (non-hydrogen) atoms. The third-order valence-electron chi connectivity index (χ3n) is 6.10. The van der Waals surface area contributed by atoms with Crippen LogP contribution in [0.2, 0.25) is 5.02 Å². The van der Waals surface area contributed by atoms with Crippen molar-refractivity contribution in [1.82, 2.24) is 9.88 Å².